The van der Waals surface area contributed by atoms with Crippen LogP contribution in [0.5, 0.6) is 5.75 Å². The van der Waals surface area contributed by atoms with E-state index in [9.17, 15) is 19.2 Å². The van der Waals surface area contributed by atoms with Crippen LogP contribution in [0.25, 0.3) is 11.1 Å². The van der Waals surface area contributed by atoms with Gasteiger partial charge in [0.2, 0.25) is 0 Å². The molecule has 1 N–H and O–H groups in total. The van der Waals surface area contributed by atoms with Gasteiger partial charge in [0.05, 0.1) is 30.6 Å². The molecule has 174 valence electrons. The number of imidazole rings is 1. The van der Waals surface area contributed by atoms with Gasteiger partial charge in [0.1, 0.15) is 6.07 Å². The van der Waals surface area contributed by atoms with E-state index in [1.165, 1.54) is 25.2 Å². The second kappa shape index (κ2) is 9.33. The molecule has 1 aromatic heterocycles. The Morgan fingerprint density at radius 1 is 1.21 bits per heavy atom. The van der Waals surface area contributed by atoms with Crippen molar-refractivity contribution in [2.75, 3.05) is 19.0 Å². The summed E-state index contributed by atoms with van der Waals surface area (Å²) in [5, 5.41) is 14.1. The minimum absolute atomic E-state index is 0.0530. The fraction of sp³-hybridized carbons (Fsp3) is 0.250. The van der Waals surface area contributed by atoms with Gasteiger partial charge < -0.3 is 19.5 Å². The highest BCUT2D eigenvalue weighted by molar-refractivity contribution is 6.03. The molecule has 1 amide bonds. The summed E-state index contributed by atoms with van der Waals surface area (Å²) in [5.41, 5.74) is 2.35. The number of aromatic nitrogens is 2. The van der Waals surface area contributed by atoms with E-state index in [-0.39, 0.29) is 34.9 Å². The molecule has 0 atom stereocenters. The third-order valence-corrected chi connectivity index (χ3v) is 5.58. The molecule has 0 unspecified atom stereocenters. The van der Waals surface area contributed by atoms with Crippen molar-refractivity contribution in [1.29, 1.82) is 5.26 Å². The van der Waals surface area contributed by atoms with Gasteiger partial charge >= 0.3 is 5.97 Å². The Labute approximate surface area is 195 Å². The van der Waals surface area contributed by atoms with E-state index in [1.54, 1.807) is 41.9 Å². The number of nitrogens with one attached hydrogen (secondary N) is 1. The van der Waals surface area contributed by atoms with Crippen LogP contribution in [0.2, 0.25) is 0 Å². The summed E-state index contributed by atoms with van der Waals surface area (Å²) in [6.45, 7) is 2.08. The van der Waals surface area contributed by atoms with Crippen molar-refractivity contribution in [1.82, 2.24) is 14.6 Å². The molecular formula is C24H22FN5O4. The zero-order valence-electron chi connectivity index (χ0n) is 18.9. The summed E-state index contributed by atoms with van der Waals surface area (Å²) in [5.74, 6) is -1.34. The number of methoxy groups -OCH3 is 1. The first-order chi connectivity index (χ1) is 16.3. The molecule has 0 aliphatic carbocycles. The van der Waals surface area contributed by atoms with E-state index in [1.807, 2.05) is 0 Å². The molecule has 0 radical (unpaired) electrons. The van der Waals surface area contributed by atoms with Crippen LogP contribution in [0.4, 0.5) is 10.1 Å². The minimum Gasteiger partial charge on any atom is -0.494 e. The summed E-state index contributed by atoms with van der Waals surface area (Å²) in [4.78, 5) is 33.9. The molecule has 1 aliphatic rings. The maximum Gasteiger partial charge on any atom is 0.322 e. The molecule has 0 spiro atoms. The van der Waals surface area contributed by atoms with Crippen LogP contribution in [0, 0.1) is 17.1 Å². The lowest BCUT2D eigenvalue weighted by atomic mass is 9.98. The number of ether oxygens (including phenoxy) is 1. The summed E-state index contributed by atoms with van der Waals surface area (Å²) in [6.07, 6.45) is 0.549. The van der Waals surface area contributed by atoms with Crippen molar-refractivity contribution in [3.8, 4) is 22.9 Å². The lowest BCUT2D eigenvalue weighted by Gasteiger charge is -2.24. The van der Waals surface area contributed by atoms with E-state index in [0.29, 0.717) is 24.2 Å². The summed E-state index contributed by atoms with van der Waals surface area (Å²) < 4.78 is 21.6. The van der Waals surface area contributed by atoms with Crippen molar-refractivity contribution < 1.29 is 23.6 Å². The predicted molar refractivity (Wildman–Crippen MR) is 120 cm³/mol. The van der Waals surface area contributed by atoms with E-state index in [2.05, 4.69) is 16.4 Å². The average molecular weight is 463 g/mol. The van der Waals surface area contributed by atoms with Crippen molar-refractivity contribution in [3.63, 3.8) is 0 Å². The molecule has 9 nitrogen and oxygen atoms in total. The van der Waals surface area contributed by atoms with Gasteiger partial charge in [-0.25, -0.2) is 9.37 Å². The second-order valence-corrected chi connectivity index (χ2v) is 7.70. The monoisotopic (exact) mass is 463 g/mol. The first kappa shape index (κ1) is 22.9. The van der Waals surface area contributed by atoms with Crippen LogP contribution in [-0.2, 0) is 29.6 Å². The number of hydrogen-bond donors (Lipinski definition) is 1. The molecule has 3 aromatic rings. The van der Waals surface area contributed by atoms with Crippen molar-refractivity contribution in [2.24, 2.45) is 7.05 Å². The largest absolute Gasteiger partial charge is 0.494 e. The number of carbonyl (C=O) groups excluding carboxylic acids is 2. The van der Waals surface area contributed by atoms with Gasteiger partial charge in [-0.3, -0.25) is 9.59 Å². The number of carbonyl (C=O) groups is 2. The number of hydrogen-bond acceptors (Lipinski definition) is 7. The van der Waals surface area contributed by atoms with Gasteiger partial charge in [-0.15, -0.1) is 5.06 Å². The molecular weight excluding hydrogens is 441 g/mol. The van der Waals surface area contributed by atoms with Crippen LogP contribution in [0.15, 0.2) is 36.4 Å². The average Bonchev–Trinajstić information content (AvgIpc) is 3.14. The van der Waals surface area contributed by atoms with E-state index in [0.717, 1.165) is 5.69 Å². The van der Waals surface area contributed by atoms with Gasteiger partial charge in [0, 0.05) is 43.8 Å². The number of anilines is 1. The van der Waals surface area contributed by atoms with E-state index in [4.69, 9.17) is 9.57 Å². The van der Waals surface area contributed by atoms with Crippen LogP contribution >= 0.6 is 0 Å². The number of benzene rings is 2. The molecule has 0 bridgehead atoms. The molecule has 4 rings (SSSR count). The topological polar surface area (TPSA) is 109 Å². The number of amides is 1. The van der Waals surface area contributed by atoms with Crippen molar-refractivity contribution in [3.05, 3.63) is 65.0 Å². The molecule has 0 fully saturated rings. The Bertz CT molecular complexity index is 1330. The highest BCUT2D eigenvalue weighted by Gasteiger charge is 2.27. The molecule has 2 aromatic carbocycles. The lowest BCUT2D eigenvalue weighted by Crippen LogP contribution is -2.32. The maximum absolute atomic E-state index is 14.9. The Morgan fingerprint density at radius 2 is 1.94 bits per heavy atom. The van der Waals surface area contributed by atoms with Crippen LogP contribution in [-0.4, -0.2) is 40.1 Å². The molecule has 34 heavy (non-hydrogen) atoms. The number of nitriles is 1. The predicted octanol–water partition coefficient (Wildman–Crippen LogP) is 3.19. The normalized spacial score (nSPS) is 13.0. The number of fused-ring (bicyclic) bond motifs is 1. The highest BCUT2D eigenvalue weighted by atomic mass is 19.1. The Kier molecular flexibility index (Phi) is 6.30. The van der Waals surface area contributed by atoms with Crippen molar-refractivity contribution in [2.45, 2.75) is 19.9 Å². The quantitative estimate of drug-likeness (QED) is 0.619. The lowest BCUT2D eigenvalue weighted by molar-refractivity contribution is -0.192. The summed E-state index contributed by atoms with van der Waals surface area (Å²) in [7, 11) is 3.09. The van der Waals surface area contributed by atoms with Gasteiger partial charge in [-0.2, -0.15) is 5.26 Å². The Hall–Kier alpha value is -4.23. The third-order valence-electron chi connectivity index (χ3n) is 5.58. The first-order valence-corrected chi connectivity index (χ1v) is 10.5. The second-order valence-electron chi connectivity index (χ2n) is 7.70. The van der Waals surface area contributed by atoms with Gasteiger partial charge in [0.25, 0.3) is 5.91 Å². The number of rotatable bonds is 5. The number of halogens is 1. The fourth-order valence-corrected chi connectivity index (χ4v) is 4.02. The first-order valence-electron chi connectivity index (χ1n) is 10.5. The van der Waals surface area contributed by atoms with Crippen LogP contribution < -0.4 is 10.1 Å². The van der Waals surface area contributed by atoms with E-state index < -0.39 is 17.7 Å². The minimum atomic E-state index is -0.598. The molecule has 0 saturated carbocycles. The summed E-state index contributed by atoms with van der Waals surface area (Å²) in [6, 6.07) is 11.5. The molecule has 0 saturated heterocycles. The van der Waals surface area contributed by atoms with Crippen LogP contribution in [0.1, 0.15) is 34.5 Å². The maximum atomic E-state index is 14.9. The van der Waals surface area contributed by atoms with Crippen LogP contribution in [0.3, 0.4) is 0 Å². The number of nitrogens with zero attached hydrogens (tertiary/aromatic N) is 4. The third kappa shape index (κ3) is 4.21. The van der Waals surface area contributed by atoms with Gasteiger partial charge in [-0.1, -0.05) is 24.3 Å². The zero-order chi connectivity index (χ0) is 24.4. The Morgan fingerprint density at radius 3 is 2.65 bits per heavy atom. The smallest absolute Gasteiger partial charge is 0.322 e. The highest BCUT2D eigenvalue weighted by Crippen LogP contribution is 2.34. The Balaban J connectivity index is 1.64. The molecule has 1 aliphatic heterocycles. The van der Waals surface area contributed by atoms with E-state index >= 15 is 0 Å². The molecule has 2 heterocycles. The van der Waals surface area contributed by atoms with Crippen molar-refractivity contribution >= 4 is 17.6 Å². The summed E-state index contributed by atoms with van der Waals surface area (Å²) >= 11 is 0. The van der Waals surface area contributed by atoms with Gasteiger partial charge in [0.15, 0.2) is 17.4 Å². The number of hydroxylamine groups is 2. The zero-order valence-corrected chi connectivity index (χ0v) is 18.9. The fourth-order valence-electron chi connectivity index (χ4n) is 4.02. The SMILES string of the molecule is COc1cccc(-c2cccc(NC(=O)c3nc4c(n3C)CCN(OC(C)=O)C4)c2C#N)c1F. The standard InChI is InChI=1S/C24H22FN5O4/c1-14(31)34-30-11-10-20-19(13-30)27-23(29(20)2)24(32)28-18-8-4-6-15(17(18)12-26)16-7-5-9-21(33-3)22(16)25/h4-9H,10-11,13H2,1-3H3,(H,28,32). The van der Waals surface area contributed by atoms with Gasteiger partial charge in [-0.05, 0) is 12.1 Å². The molecule has 10 heteroatoms.